The molecule has 0 fully saturated rings. The molecule has 0 bridgehead atoms. The summed E-state index contributed by atoms with van der Waals surface area (Å²) in [6, 6.07) is 6.53. The van der Waals surface area contributed by atoms with Gasteiger partial charge < -0.3 is 14.8 Å². The second-order valence-electron chi connectivity index (χ2n) is 7.57. The molecule has 1 N–H and O–H groups in total. The van der Waals surface area contributed by atoms with Gasteiger partial charge in [0.05, 0.1) is 18.2 Å². The van der Waals surface area contributed by atoms with Gasteiger partial charge in [0, 0.05) is 30.4 Å². The van der Waals surface area contributed by atoms with Crippen LogP contribution in [0.25, 0.3) is 11.3 Å². The molecule has 0 spiro atoms. The Labute approximate surface area is 143 Å². The second kappa shape index (κ2) is 6.30. The van der Waals surface area contributed by atoms with Gasteiger partial charge in [-0.2, -0.15) is 0 Å². The average Bonchev–Trinajstić information content (AvgIpc) is 2.93. The van der Waals surface area contributed by atoms with Gasteiger partial charge in [0.25, 0.3) is 0 Å². The molecule has 128 valence electrons. The number of imidazole rings is 1. The first-order valence-electron chi connectivity index (χ1n) is 8.49. The van der Waals surface area contributed by atoms with Crippen LogP contribution in [0, 0.1) is 0 Å². The summed E-state index contributed by atoms with van der Waals surface area (Å²) < 4.78 is 1.91. The lowest BCUT2D eigenvalue weighted by Crippen LogP contribution is -2.42. The van der Waals surface area contributed by atoms with Gasteiger partial charge >= 0.3 is 0 Å². The third-order valence-corrected chi connectivity index (χ3v) is 4.27. The van der Waals surface area contributed by atoms with E-state index in [1.54, 1.807) is 6.33 Å². The smallest absolute Gasteiger partial charge is 0.240 e. The van der Waals surface area contributed by atoms with Crippen molar-refractivity contribution >= 4 is 11.6 Å². The van der Waals surface area contributed by atoms with E-state index in [2.05, 4.69) is 40.4 Å². The van der Waals surface area contributed by atoms with Crippen LogP contribution in [0.15, 0.2) is 30.7 Å². The summed E-state index contributed by atoms with van der Waals surface area (Å²) in [4.78, 5) is 18.8. The van der Waals surface area contributed by atoms with Crippen LogP contribution in [0.1, 0.15) is 32.8 Å². The third-order valence-electron chi connectivity index (χ3n) is 4.27. The first-order chi connectivity index (χ1) is 11.3. The minimum atomic E-state index is -0.228. The van der Waals surface area contributed by atoms with E-state index in [-0.39, 0.29) is 18.0 Å². The minimum Gasteiger partial charge on any atom is -0.374 e. The molecular formula is C19H26N4O. The number of amides is 1. The minimum absolute atomic E-state index is 0.000515. The Bertz CT molecular complexity index is 742. The van der Waals surface area contributed by atoms with E-state index in [4.69, 9.17) is 0 Å². The number of nitrogens with one attached hydrogen (secondary N) is 1. The number of aryl methyl sites for hydroxylation is 1. The number of aromatic nitrogens is 2. The van der Waals surface area contributed by atoms with Crippen molar-refractivity contribution in [3.05, 3.63) is 36.3 Å². The van der Waals surface area contributed by atoms with E-state index < -0.39 is 0 Å². The summed E-state index contributed by atoms with van der Waals surface area (Å²) in [7, 11) is 2.14. The molecule has 0 unspecified atom stereocenters. The van der Waals surface area contributed by atoms with Crippen LogP contribution < -0.4 is 10.2 Å². The molecule has 0 radical (unpaired) electrons. The third kappa shape index (κ3) is 3.61. The van der Waals surface area contributed by atoms with Crippen LogP contribution in [0.2, 0.25) is 0 Å². The number of carbonyl (C=O) groups excluding carboxylic acids is 1. The first-order valence-corrected chi connectivity index (χ1v) is 8.49. The number of hydrogen-bond donors (Lipinski definition) is 1. The van der Waals surface area contributed by atoms with Gasteiger partial charge in [-0.1, -0.05) is 6.07 Å². The average molecular weight is 326 g/mol. The van der Waals surface area contributed by atoms with E-state index in [1.165, 1.54) is 17.7 Å². The van der Waals surface area contributed by atoms with Crippen LogP contribution in [0.4, 0.5) is 5.69 Å². The highest BCUT2D eigenvalue weighted by Crippen LogP contribution is 2.30. The van der Waals surface area contributed by atoms with E-state index in [0.29, 0.717) is 0 Å². The lowest BCUT2D eigenvalue weighted by atomic mass is 9.98. The van der Waals surface area contributed by atoms with Gasteiger partial charge in [-0.3, -0.25) is 4.79 Å². The van der Waals surface area contributed by atoms with E-state index >= 15 is 0 Å². The Hall–Kier alpha value is -2.30. The zero-order valence-electron chi connectivity index (χ0n) is 15.0. The summed E-state index contributed by atoms with van der Waals surface area (Å²) >= 11 is 0. The maximum absolute atomic E-state index is 12.2. The van der Waals surface area contributed by atoms with Crippen LogP contribution >= 0.6 is 0 Å². The van der Waals surface area contributed by atoms with E-state index in [1.807, 2.05) is 31.5 Å². The SMILES string of the molecule is CN1CCCc2cc(-c3cncn3CC(=O)NC(C)(C)C)ccc21. The van der Waals surface area contributed by atoms with Crippen molar-refractivity contribution in [2.75, 3.05) is 18.5 Å². The molecule has 0 saturated carbocycles. The van der Waals surface area contributed by atoms with Gasteiger partial charge in [-0.25, -0.2) is 4.98 Å². The molecule has 24 heavy (non-hydrogen) atoms. The predicted octanol–water partition coefficient (Wildman–Crippen LogP) is 2.85. The molecule has 0 saturated heterocycles. The summed E-state index contributed by atoms with van der Waals surface area (Å²) in [5, 5.41) is 3.00. The van der Waals surface area contributed by atoms with Gasteiger partial charge in [0.15, 0.2) is 0 Å². The summed E-state index contributed by atoms with van der Waals surface area (Å²) in [6.45, 7) is 7.35. The molecule has 3 rings (SSSR count). The largest absolute Gasteiger partial charge is 0.374 e. The Morgan fingerprint density at radius 1 is 1.33 bits per heavy atom. The molecule has 1 amide bonds. The zero-order valence-corrected chi connectivity index (χ0v) is 15.0. The summed E-state index contributed by atoms with van der Waals surface area (Å²) in [5.41, 5.74) is 4.55. The monoisotopic (exact) mass is 326 g/mol. The maximum atomic E-state index is 12.2. The molecule has 1 aliphatic rings. The second-order valence-corrected chi connectivity index (χ2v) is 7.57. The highest BCUT2D eigenvalue weighted by Gasteiger charge is 2.17. The van der Waals surface area contributed by atoms with Crippen molar-refractivity contribution in [2.24, 2.45) is 0 Å². The highest BCUT2D eigenvalue weighted by molar-refractivity contribution is 5.77. The number of benzene rings is 1. The molecule has 1 aliphatic heterocycles. The molecule has 2 heterocycles. The summed E-state index contributed by atoms with van der Waals surface area (Å²) in [5.74, 6) is -0.000515. The number of hydrogen-bond acceptors (Lipinski definition) is 3. The fourth-order valence-corrected chi connectivity index (χ4v) is 3.24. The number of carbonyl (C=O) groups is 1. The Kier molecular flexibility index (Phi) is 4.35. The maximum Gasteiger partial charge on any atom is 0.240 e. The van der Waals surface area contributed by atoms with Crippen molar-refractivity contribution in [2.45, 2.75) is 45.7 Å². The van der Waals surface area contributed by atoms with Gasteiger partial charge in [0.1, 0.15) is 6.54 Å². The lowest BCUT2D eigenvalue weighted by molar-refractivity contribution is -0.123. The van der Waals surface area contributed by atoms with Gasteiger partial charge in [-0.05, 0) is 51.3 Å². The Morgan fingerprint density at radius 2 is 2.12 bits per heavy atom. The van der Waals surface area contributed by atoms with Crippen molar-refractivity contribution in [3.8, 4) is 11.3 Å². The van der Waals surface area contributed by atoms with Gasteiger partial charge in [-0.15, -0.1) is 0 Å². The quantitative estimate of drug-likeness (QED) is 0.943. The molecule has 0 atom stereocenters. The van der Waals surface area contributed by atoms with Gasteiger partial charge in [0.2, 0.25) is 5.91 Å². The van der Waals surface area contributed by atoms with Crippen LogP contribution in [0.5, 0.6) is 0 Å². The molecule has 5 nitrogen and oxygen atoms in total. The summed E-state index contributed by atoms with van der Waals surface area (Å²) in [6.07, 6.45) is 5.84. The van der Waals surface area contributed by atoms with Crippen LogP contribution in [0.3, 0.4) is 0 Å². The first kappa shape index (κ1) is 16.6. The predicted molar refractivity (Wildman–Crippen MR) is 97.1 cm³/mol. The van der Waals surface area contributed by atoms with E-state index in [9.17, 15) is 4.79 Å². The zero-order chi connectivity index (χ0) is 17.3. The van der Waals surface area contributed by atoms with Crippen molar-refractivity contribution in [1.82, 2.24) is 14.9 Å². The lowest BCUT2D eigenvalue weighted by Gasteiger charge is -2.28. The normalized spacial score (nSPS) is 14.4. The number of fused-ring (bicyclic) bond motifs is 1. The Morgan fingerprint density at radius 3 is 2.88 bits per heavy atom. The van der Waals surface area contributed by atoms with Crippen molar-refractivity contribution in [3.63, 3.8) is 0 Å². The van der Waals surface area contributed by atoms with Crippen LogP contribution in [-0.4, -0.2) is 34.6 Å². The highest BCUT2D eigenvalue weighted by atomic mass is 16.2. The fourth-order valence-electron chi connectivity index (χ4n) is 3.24. The molecule has 0 aliphatic carbocycles. The number of nitrogens with zero attached hydrogens (tertiary/aromatic N) is 3. The number of rotatable bonds is 3. The van der Waals surface area contributed by atoms with Crippen molar-refractivity contribution in [1.29, 1.82) is 0 Å². The molecular weight excluding hydrogens is 300 g/mol. The standard InChI is InChI=1S/C19H26N4O/c1-19(2,3)21-18(24)12-23-13-20-11-17(23)15-7-8-16-14(10-15)6-5-9-22(16)4/h7-8,10-11,13H,5-6,9,12H2,1-4H3,(H,21,24). The topological polar surface area (TPSA) is 50.2 Å². The Balaban J connectivity index is 1.84. The molecule has 1 aromatic heterocycles. The molecule has 1 aromatic carbocycles. The number of anilines is 1. The fraction of sp³-hybridized carbons (Fsp3) is 0.474. The van der Waals surface area contributed by atoms with Crippen LogP contribution in [-0.2, 0) is 17.8 Å². The van der Waals surface area contributed by atoms with Crippen molar-refractivity contribution < 1.29 is 4.79 Å². The van der Waals surface area contributed by atoms with E-state index in [0.717, 1.165) is 24.2 Å². The molecule has 2 aromatic rings. The molecule has 5 heteroatoms.